The second kappa shape index (κ2) is 7.56. The lowest BCUT2D eigenvalue weighted by atomic mass is 10.2. The zero-order valence-corrected chi connectivity index (χ0v) is 13.4. The number of benzene rings is 1. The van der Waals surface area contributed by atoms with Gasteiger partial charge in [-0.3, -0.25) is 4.79 Å². The molecule has 1 amide bonds. The molecule has 1 N–H and O–H groups in total. The summed E-state index contributed by atoms with van der Waals surface area (Å²) in [7, 11) is 0. The molecule has 4 nitrogen and oxygen atoms in total. The predicted octanol–water partition coefficient (Wildman–Crippen LogP) is 3.49. The number of halogens is 2. The summed E-state index contributed by atoms with van der Waals surface area (Å²) >= 11 is 8.00. The van der Waals surface area contributed by atoms with E-state index in [9.17, 15) is 4.79 Å². The second-order valence-electron chi connectivity index (χ2n) is 4.02. The quantitative estimate of drug-likeness (QED) is 0.615. The lowest BCUT2D eigenvalue weighted by Gasteiger charge is -2.08. The molecule has 6 heteroatoms. The molecule has 0 spiro atoms. The van der Waals surface area contributed by atoms with Crippen LogP contribution in [-0.4, -0.2) is 17.5 Å². The third kappa shape index (κ3) is 4.73. The molecule has 0 radical (unpaired) electrons. The van der Waals surface area contributed by atoms with E-state index < -0.39 is 0 Å². The van der Waals surface area contributed by atoms with Crippen LogP contribution in [0.2, 0.25) is 5.15 Å². The van der Waals surface area contributed by atoms with E-state index >= 15 is 0 Å². The molecule has 1 aromatic heterocycles. The van der Waals surface area contributed by atoms with Gasteiger partial charge in [0.25, 0.3) is 0 Å². The van der Waals surface area contributed by atoms with Gasteiger partial charge < -0.3 is 10.1 Å². The Hall–Kier alpha value is -1.18. The Bertz CT molecular complexity index is 593. The maximum Gasteiger partial charge on any atom is 0.250 e. The largest absolute Gasteiger partial charge is 0.367 e. The number of pyridine rings is 1. The number of aromatic nitrogens is 1. The molecule has 2 aromatic rings. The van der Waals surface area contributed by atoms with E-state index in [0.29, 0.717) is 12.3 Å². The van der Waals surface area contributed by atoms with Gasteiger partial charge >= 0.3 is 0 Å². The molecule has 2 rings (SSSR count). The highest BCUT2D eigenvalue weighted by Crippen LogP contribution is 2.20. The van der Waals surface area contributed by atoms with E-state index in [-0.39, 0.29) is 17.7 Å². The molecule has 0 aliphatic heterocycles. The van der Waals surface area contributed by atoms with Crippen LogP contribution in [-0.2, 0) is 16.1 Å². The van der Waals surface area contributed by atoms with Crippen molar-refractivity contribution in [3.63, 3.8) is 0 Å². The molecule has 0 aliphatic carbocycles. The summed E-state index contributed by atoms with van der Waals surface area (Å²) < 4.78 is 6.24. The lowest BCUT2D eigenvalue weighted by molar-refractivity contribution is -0.121. The van der Waals surface area contributed by atoms with Gasteiger partial charge in [0.05, 0.1) is 12.3 Å². The Balaban J connectivity index is 1.82. The van der Waals surface area contributed by atoms with E-state index in [1.165, 1.54) is 0 Å². The minimum Gasteiger partial charge on any atom is -0.367 e. The topological polar surface area (TPSA) is 51.2 Å². The van der Waals surface area contributed by atoms with Gasteiger partial charge in [0.1, 0.15) is 6.61 Å². The summed E-state index contributed by atoms with van der Waals surface area (Å²) in [5.74, 6) is -0.258. The van der Waals surface area contributed by atoms with Crippen LogP contribution in [0, 0.1) is 3.57 Å². The number of hydrogen-bond acceptors (Lipinski definition) is 3. The summed E-state index contributed by atoms with van der Waals surface area (Å²) in [5.41, 5.74) is 1.51. The predicted molar refractivity (Wildman–Crippen MR) is 86.7 cm³/mol. The van der Waals surface area contributed by atoms with Gasteiger partial charge in [-0.25, -0.2) is 4.98 Å². The first-order valence-corrected chi connectivity index (χ1v) is 7.33. The van der Waals surface area contributed by atoms with Gasteiger partial charge in [-0.15, -0.1) is 0 Å². The summed E-state index contributed by atoms with van der Waals surface area (Å²) in [4.78, 5) is 15.7. The van der Waals surface area contributed by atoms with Crippen molar-refractivity contribution in [3.8, 4) is 0 Å². The summed E-state index contributed by atoms with van der Waals surface area (Å²) in [6.45, 7) is 0.364. The van der Waals surface area contributed by atoms with E-state index in [1.807, 2.05) is 30.3 Å². The third-order valence-corrected chi connectivity index (χ3v) is 3.32. The van der Waals surface area contributed by atoms with Crippen molar-refractivity contribution in [2.24, 2.45) is 0 Å². The molecular formula is C14H12ClIN2O2. The van der Waals surface area contributed by atoms with Crippen molar-refractivity contribution in [2.45, 2.75) is 6.61 Å². The average Bonchev–Trinajstić information content (AvgIpc) is 2.44. The molecule has 0 bridgehead atoms. The van der Waals surface area contributed by atoms with Crippen molar-refractivity contribution in [1.29, 1.82) is 0 Å². The second-order valence-corrected chi connectivity index (χ2v) is 5.62. The zero-order chi connectivity index (χ0) is 14.4. The van der Waals surface area contributed by atoms with Gasteiger partial charge in [0, 0.05) is 9.77 Å². The Kier molecular flexibility index (Phi) is 5.75. The fraction of sp³-hybridized carbons (Fsp3) is 0.143. The highest BCUT2D eigenvalue weighted by atomic mass is 127. The minimum atomic E-state index is -0.258. The standard InChI is InChI=1S/C14H12ClIN2O2/c15-14-12(6-11(16)7-17-14)18-13(19)9-20-8-10-4-2-1-3-5-10/h1-7H,8-9H2,(H,18,19). The number of hydrogen-bond donors (Lipinski definition) is 1. The van der Waals surface area contributed by atoms with Crippen molar-refractivity contribution in [1.82, 2.24) is 4.98 Å². The third-order valence-electron chi connectivity index (χ3n) is 2.42. The van der Waals surface area contributed by atoms with E-state index in [1.54, 1.807) is 12.3 Å². The van der Waals surface area contributed by atoms with E-state index in [0.717, 1.165) is 9.13 Å². The monoisotopic (exact) mass is 402 g/mol. The molecule has 1 heterocycles. The lowest BCUT2D eigenvalue weighted by Crippen LogP contribution is -2.18. The van der Waals surface area contributed by atoms with Crippen LogP contribution in [0.4, 0.5) is 5.69 Å². The Labute approximate surface area is 135 Å². The average molecular weight is 403 g/mol. The number of nitrogens with zero attached hydrogens (tertiary/aromatic N) is 1. The summed E-state index contributed by atoms with van der Waals surface area (Å²) in [6, 6.07) is 11.4. The Morgan fingerprint density at radius 2 is 2.10 bits per heavy atom. The smallest absolute Gasteiger partial charge is 0.250 e. The highest BCUT2D eigenvalue weighted by molar-refractivity contribution is 14.1. The summed E-state index contributed by atoms with van der Waals surface area (Å²) in [5, 5.41) is 2.94. The van der Waals surface area contributed by atoms with E-state index in [4.69, 9.17) is 16.3 Å². The van der Waals surface area contributed by atoms with Crippen LogP contribution in [0.25, 0.3) is 0 Å². The fourth-order valence-electron chi connectivity index (χ4n) is 1.53. The number of carbonyl (C=O) groups excluding carboxylic acids is 1. The van der Waals surface area contributed by atoms with Crippen molar-refractivity contribution in [2.75, 3.05) is 11.9 Å². The SMILES string of the molecule is O=C(COCc1ccccc1)Nc1cc(I)cnc1Cl. The van der Waals surface area contributed by atoms with Crippen LogP contribution in [0.15, 0.2) is 42.6 Å². The fourth-order valence-corrected chi connectivity index (χ4v) is 2.13. The molecule has 20 heavy (non-hydrogen) atoms. The van der Waals surface area contributed by atoms with Crippen LogP contribution >= 0.6 is 34.2 Å². The molecule has 0 saturated heterocycles. The first-order chi connectivity index (χ1) is 9.65. The molecular weight excluding hydrogens is 391 g/mol. The molecule has 104 valence electrons. The van der Waals surface area contributed by atoms with Crippen LogP contribution < -0.4 is 5.32 Å². The van der Waals surface area contributed by atoms with Crippen LogP contribution in [0.1, 0.15) is 5.56 Å². The van der Waals surface area contributed by atoms with Gasteiger partial charge in [-0.05, 0) is 34.2 Å². The van der Waals surface area contributed by atoms with Gasteiger partial charge in [-0.1, -0.05) is 41.9 Å². The maximum absolute atomic E-state index is 11.7. The van der Waals surface area contributed by atoms with Crippen LogP contribution in [0.5, 0.6) is 0 Å². The number of ether oxygens (including phenoxy) is 1. The molecule has 0 atom stereocenters. The molecule has 0 saturated carbocycles. The zero-order valence-electron chi connectivity index (χ0n) is 10.5. The van der Waals surface area contributed by atoms with Crippen molar-refractivity contribution in [3.05, 3.63) is 56.9 Å². The number of carbonyl (C=O) groups is 1. The Morgan fingerprint density at radius 3 is 2.85 bits per heavy atom. The molecule has 0 aliphatic rings. The highest BCUT2D eigenvalue weighted by Gasteiger charge is 2.07. The van der Waals surface area contributed by atoms with Gasteiger partial charge in [0.15, 0.2) is 5.15 Å². The molecule has 0 fully saturated rings. The number of nitrogens with one attached hydrogen (secondary N) is 1. The minimum absolute atomic E-state index is 0.0311. The molecule has 1 aromatic carbocycles. The Morgan fingerprint density at radius 1 is 1.35 bits per heavy atom. The number of rotatable bonds is 5. The van der Waals surface area contributed by atoms with Crippen molar-refractivity contribution >= 4 is 45.8 Å². The summed E-state index contributed by atoms with van der Waals surface area (Å²) in [6.07, 6.45) is 1.63. The van der Waals surface area contributed by atoms with Crippen molar-refractivity contribution < 1.29 is 9.53 Å². The maximum atomic E-state index is 11.7. The number of anilines is 1. The van der Waals surface area contributed by atoms with E-state index in [2.05, 4.69) is 32.9 Å². The van der Waals surface area contributed by atoms with Gasteiger partial charge in [0.2, 0.25) is 5.91 Å². The van der Waals surface area contributed by atoms with Crippen LogP contribution in [0.3, 0.4) is 0 Å². The first-order valence-electron chi connectivity index (χ1n) is 5.88. The normalized spacial score (nSPS) is 10.3. The number of amides is 1. The van der Waals surface area contributed by atoms with Gasteiger partial charge in [-0.2, -0.15) is 0 Å². The first kappa shape index (κ1) is 15.2. The molecule has 0 unspecified atom stereocenters.